The van der Waals surface area contributed by atoms with Gasteiger partial charge in [-0.1, -0.05) is 17.7 Å². The molecule has 102 valence electrons. The third-order valence-electron chi connectivity index (χ3n) is 3.90. The molecule has 3 nitrogen and oxygen atoms in total. The number of rotatable bonds is 5. The molecule has 0 unspecified atom stereocenters. The van der Waals surface area contributed by atoms with Gasteiger partial charge in [-0.25, -0.2) is 0 Å². The van der Waals surface area contributed by atoms with Crippen molar-refractivity contribution in [3.8, 4) is 0 Å². The molecule has 2 N–H and O–H groups in total. The Morgan fingerprint density at radius 1 is 1.21 bits per heavy atom. The summed E-state index contributed by atoms with van der Waals surface area (Å²) in [6.45, 7) is 1.75. The number of carbonyl (C=O) groups excluding carboxylic acids is 1. The first kappa shape index (κ1) is 12.8. The lowest BCUT2D eigenvalue weighted by atomic mass is 10.1. The van der Waals surface area contributed by atoms with Gasteiger partial charge in [0.2, 0.25) is 0 Å². The summed E-state index contributed by atoms with van der Waals surface area (Å²) in [6, 6.07) is 5.29. The standard InChI is InChI=1S/C15H19ClN2O/c16-14-12(2-1-3-13(14)17)15(19)18(8-10-4-5-10)9-11-6-7-11/h1-3,10-11H,4-9,17H2. The molecule has 1 aromatic rings. The molecule has 2 aliphatic carbocycles. The Morgan fingerprint density at radius 2 is 1.79 bits per heavy atom. The maximum atomic E-state index is 12.6. The van der Waals surface area contributed by atoms with Gasteiger partial charge in [-0.3, -0.25) is 4.79 Å². The van der Waals surface area contributed by atoms with Crippen LogP contribution in [0.3, 0.4) is 0 Å². The SMILES string of the molecule is Nc1cccc(C(=O)N(CC2CC2)CC2CC2)c1Cl. The summed E-state index contributed by atoms with van der Waals surface area (Å²) in [6.07, 6.45) is 5.00. The number of halogens is 1. The van der Waals surface area contributed by atoms with E-state index in [0.717, 1.165) is 13.1 Å². The van der Waals surface area contributed by atoms with Crippen LogP contribution in [0, 0.1) is 11.8 Å². The Labute approximate surface area is 118 Å². The van der Waals surface area contributed by atoms with E-state index >= 15 is 0 Å². The van der Waals surface area contributed by atoms with Crippen molar-refractivity contribution in [1.82, 2.24) is 4.90 Å². The molecule has 0 radical (unpaired) electrons. The zero-order valence-corrected chi connectivity index (χ0v) is 11.7. The fourth-order valence-corrected chi connectivity index (χ4v) is 2.56. The minimum absolute atomic E-state index is 0.0381. The fourth-order valence-electron chi connectivity index (χ4n) is 2.35. The predicted molar refractivity (Wildman–Crippen MR) is 77.2 cm³/mol. The second-order valence-corrected chi connectivity index (χ2v) is 6.18. The number of benzene rings is 1. The van der Waals surface area contributed by atoms with Crippen LogP contribution in [0.5, 0.6) is 0 Å². The van der Waals surface area contributed by atoms with Crippen molar-refractivity contribution >= 4 is 23.2 Å². The lowest BCUT2D eigenvalue weighted by Gasteiger charge is -2.23. The molecule has 0 aromatic heterocycles. The third-order valence-corrected chi connectivity index (χ3v) is 4.32. The highest BCUT2D eigenvalue weighted by Crippen LogP contribution is 2.35. The molecule has 0 atom stereocenters. The van der Waals surface area contributed by atoms with Gasteiger partial charge in [0.15, 0.2) is 0 Å². The molecule has 0 heterocycles. The Hall–Kier alpha value is -1.22. The van der Waals surface area contributed by atoms with Gasteiger partial charge in [0.05, 0.1) is 16.3 Å². The van der Waals surface area contributed by atoms with Crippen LogP contribution in [0.15, 0.2) is 18.2 Å². The summed E-state index contributed by atoms with van der Waals surface area (Å²) in [5, 5.41) is 0.393. The van der Waals surface area contributed by atoms with Crippen molar-refractivity contribution in [1.29, 1.82) is 0 Å². The zero-order valence-electron chi connectivity index (χ0n) is 10.9. The maximum absolute atomic E-state index is 12.6. The Balaban J connectivity index is 1.79. The summed E-state index contributed by atoms with van der Waals surface area (Å²) < 4.78 is 0. The van der Waals surface area contributed by atoms with E-state index in [9.17, 15) is 4.79 Å². The van der Waals surface area contributed by atoms with Crippen LogP contribution in [-0.4, -0.2) is 23.9 Å². The van der Waals surface area contributed by atoms with Gasteiger partial charge in [0, 0.05) is 13.1 Å². The normalized spacial score (nSPS) is 18.4. The molecule has 3 rings (SSSR count). The molecule has 2 saturated carbocycles. The van der Waals surface area contributed by atoms with E-state index in [0.29, 0.717) is 28.1 Å². The number of hydrogen-bond donors (Lipinski definition) is 1. The first-order valence-electron chi connectivity index (χ1n) is 6.98. The molecule has 1 aromatic carbocycles. The fraction of sp³-hybridized carbons (Fsp3) is 0.533. The highest BCUT2D eigenvalue weighted by molar-refractivity contribution is 6.36. The number of nitrogens with two attached hydrogens (primary N) is 1. The lowest BCUT2D eigenvalue weighted by Crippen LogP contribution is -2.35. The van der Waals surface area contributed by atoms with Gasteiger partial charge in [-0.2, -0.15) is 0 Å². The Kier molecular flexibility index (Phi) is 3.40. The largest absolute Gasteiger partial charge is 0.398 e. The first-order chi connectivity index (χ1) is 9.15. The highest BCUT2D eigenvalue weighted by Gasteiger charge is 2.32. The van der Waals surface area contributed by atoms with E-state index < -0.39 is 0 Å². The summed E-state index contributed by atoms with van der Waals surface area (Å²) >= 11 is 6.16. The third kappa shape index (κ3) is 3.03. The average Bonchev–Trinajstić information content (AvgIpc) is 3.26. The summed E-state index contributed by atoms with van der Waals surface area (Å²) in [5.41, 5.74) is 6.80. The molecule has 19 heavy (non-hydrogen) atoms. The van der Waals surface area contributed by atoms with Gasteiger partial charge in [0.25, 0.3) is 5.91 Å². The van der Waals surface area contributed by atoms with Crippen LogP contribution in [0.4, 0.5) is 5.69 Å². The minimum atomic E-state index is 0.0381. The van der Waals surface area contributed by atoms with Gasteiger partial charge in [0.1, 0.15) is 0 Å². The van der Waals surface area contributed by atoms with Crippen molar-refractivity contribution in [3.05, 3.63) is 28.8 Å². The number of nitrogen functional groups attached to an aromatic ring is 1. The van der Waals surface area contributed by atoms with Crippen LogP contribution in [0.1, 0.15) is 36.0 Å². The minimum Gasteiger partial charge on any atom is -0.398 e. The quantitative estimate of drug-likeness (QED) is 0.841. The number of carbonyl (C=O) groups is 1. The van der Waals surface area contributed by atoms with E-state index in [1.807, 2.05) is 4.90 Å². The van der Waals surface area contributed by atoms with Gasteiger partial charge >= 0.3 is 0 Å². The van der Waals surface area contributed by atoms with Crippen LogP contribution < -0.4 is 5.73 Å². The summed E-state index contributed by atoms with van der Waals surface area (Å²) in [4.78, 5) is 14.6. The maximum Gasteiger partial charge on any atom is 0.255 e. The van der Waals surface area contributed by atoms with E-state index in [4.69, 9.17) is 17.3 Å². The molecule has 2 aliphatic rings. The molecule has 0 spiro atoms. The smallest absolute Gasteiger partial charge is 0.255 e. The molecular formula is C15H19ClN2O. The highest BCUT2D eigenvalue weighted by atomic mass is 35.5. The van der Waals surface area contributed by atoms with Crippen molar-refractivity contribution in [3.63, 3.8) is 0 Å². The Bertz CT molecular complexity index is 481. The monoisotopic (exact) mass is 278 g/mol. The molecule has 1 amide bonds. The van der Waals surface area contributed by atoms with E-state index in [1.54, 1.807) is 18.2 Å². The van der Waals surface area contributed by atoms with Crippen molar-refractivity contribution < 1.29 is 4.79 Å². The number of anilines is 1. The van der Waals surface area contributed by atoms with Crippen molar-refractivity contribution in [2.45, 2.75) is 25.7 Å². The van der Waals surface area contributed by atoms with E-state index in [2.05, 4.69) is 0 Å². The first-order valence-corrected chi connectivity index (χ1v) is 7.36. The molecule has 2 fully saturated rings. The zero-order chi connectivity index (χ0) is 13.4. The number of amides is 1. The Morgan fingerprint density at radius 3 is 2.32 bits per heavy atom. The molecular weight excluding hydrogens is 260 g/mol. The summed E-state index contributed by atoms with van der Waals surface area (Å²) in [5.74, 6) is 1.43. The van der Waals surface area contributed by atoms with Crippen LogP contribution >= 0.6 is 11.6 Å². The van der Waals surface area contributed by atoms with Crippen LogP contribution in [0.25, 0.3) is 0 Å². The predicted octanol–water partition coefficient (Wildman–Crippen LogP) is 3.18. The topological polar surface area (TPSA) is 46.3 Å². The second kappa shape index (κ2) is 5.04. The lowest BCUT2D eigenvalue weighted by molar-refractivity contribution is 0.0740. The molecule has 0 saturated heterocycles. The summed E-state index contributed by atoms with van der Waals surface area (Å²) in [7, 11) is 0. The van der Waals surface area contributed by atoms with Gasteiger partial charge in [-0.15, -0.1) is 0 Å². The molecule has 4 heteroatoms. The average molecular weight is 279 g/mol. The molecule has 0 bridgehead atoms. The van der Waals surface area contributed by atoms with Crippen LogP contribution in [0.2, 0.25) is 5.02 Å². The van der Waals surface area contributed by atoms with Crippen molar-refractivity contribution in [2.24, 2.45) is 11.8 Å². The molecule has 0 aliphatic heterocycles. The van der Waals surface area contributed by atoms with E-state index in [-0.39, 0.29) is 5.91 Å². The van der Waals surface area contributed by atoms with Crippen molar-refractivity contribution in [2.75, 3.05) is 18.8 Å². The van der Waals surface area contributed by atoms with Gasteiger partial charge < -0.3 is 10.6 Å². The van der Waals surface area contributed by atoms with Gasteiger partial charge in [-0.05, 0) is 49.7 Å². The number of hydrogen-bond acceptors (Lipinski definition) is 2. The van der Waals surface area contributed by atoms with E-state index in [1.165, 1.54) is 25.7 Å². The number of nitrogens with zero attached hydrogens (tertiary/aromatic N) is 1. The second-order valence-electron chi connectivity index (χ2n) is 5.81. The van der Waals surface area contributed by atoms with Crippen LogP contribution in [-0.2, 0) is 0 Å².